The molecule has 0 aromatic heterocycles. The molecule has 1 N–H and O–H groups in total. The molecular weight excluding hydrogens is 227 g/mol. The van der Waals surface area contributed by atoms with Gasteiger partial charge in [-0.1, -0.05) is 44.5 Å². The average Bonchev–Trinajstić information content (AvgIpc) is 2.24. The summed E-state index contributed by atoms with van der Waals surface area (Å²) in [4.78, 5) is 0. The first-order chi connectivity index (χ1) is 7.38. The minimum Gasteiger partial charge on any atom is -0.392 e. The number of halogens is 2. The molecule has 0 bridgehead atoms. The molecule has 0 aliphatic rings. The average molecular weight is 245 g/mol. The van der Waals surface area contributed by atoms with E-state index in [1.165, 1.54) is 6.07 Å². The van der Waals surface area contributed by atoms with E-state index in [1.54, 1.807) is 12.1 Å². The van der Waals surface area contributed by atoms with Gasteiger partial charge in [0.2, 0.25) is 0 Å². The predicted molar refractivity (Wildman–Crippen MR) is 65.2 cm³/mol. The molecule has 0 aliphatic heterocycles. The van der Waals surface area contributed by atoms with Crippen LogP contribution in [0.2, 0.25) is 5.02 Å². The van der Waals surface area contributed by atoms with Crippen molar-refractivity contribution in [3.8, 4) is 0 Å². The summed E-state index contributed by atoms with van der Waals surface area (Å²) < 4.78 is 13.6. The Balaban J connectivity index is 2.85. The van der Waals surface area contributed by atoms with Gasteiger partial charge in [-0.05, 0) is 23.5 Å². The normalized spacial score (nSPS) is 13.9. The van der Waals surface area contributed by atoms with E-state index in [9.17, 15) is 9.50 Å². The van der Waals surface area contributed by atoms with Crippen LogP contribution in [0.1, 0.15) is 32.8 Å². The quantitative estimate of drug-likeness (QED) is 0.854. The van der Waals surface area contributed by atoms with Crippen LogP contribution in [0.25, 0.3) is 0 Å². The molecule has 1 rings (SSSR count). The first-order valence-corrected chi connectivity index (χ1v) is 5.87. The van der Waals surface area contributed by atoms with E-state index in [0.717, 1.165) is 6.42 Å². The summed E-state index contributed by atoms with van der Waals surface area (Å²) in [6.45, 7) is 5.96. The molecule has 1 aromatic carbocycles. The molecule has 3 heteroatoms. The molecule has 0 spiro atoms. The summed E-state index contributed by atoms with van der Waals surface area (Å²) in [6, 6.07) is 4.88. The van der Waals surface area contributed by atoms with Crippen LogP contribution in [0.3, 0.4) is 0 Å². The predicted octanol–water partition coefficient (Wildman–Crippen LogP) is 3.82. The lowest BCUT2D eigenvalue weighted by Crippen LogP contribution is -2.30. The van der Waals surface area contributed by atoms with Crippen LogP contribution in [-0.2, 0) is 6.42 Å². The molecule has 0 heterocycles. The van der Waals surface area contributed by atoms with Crippen molar-refractivity contribution >= 4 is 11.6 Å². The third-order valence-corrected chi connectivity index (χ3v) is 3.55. The number of rotatable bonds is 4. The van der Waals surface area contributed by atoms with Gasteiger partial charge in [0.25, 0.3) is 0 Å². The summed E-state index contributed by atoms with van der Waals surface area (Å²) in [5, 5.41) is 10.1. The maximum Gasteiger partial charge on any atom is 0.145 e. The highest BCUT2D eigenvalue weighted by Gasteiger charge is 2.26. The maximum absolute atomic E-state index is 13.6. The minimum absolute atomic E-state index is 0.110. The molecule has 1 nitrogen and oxygen atoms in total. The van der Waals surface area contributed by atoms with Crippen molar-refractivity contribution in [3.05, 3.63) is 34.6 Å². The fraction of sp³-hybridized carbons (Fsp3) is 0.538. The Labute approximate surface area is 101 Å². The zero-order chi connectivity index (χ0) is 12.3. The van der Waals surface area contributed by atoms with Crippen LogP contribution in [0, 0.1) is 11.2 Å². The zero-order valence-corrected chi connectivity index (χ0v) is 10.7. The first-order valence-electron chi connectivity index (χ1n) is 5.49. The van der Waals surface area contributed by atoms with E-state index in [4.69, 9.17) is 11.6 Å². The summed E-state index contributed by atoms with van der Waals surface area (Å²) in [6.07, 6.45) is 0.578. The zero-order valence-electron chi connectivity index (χ0n) is 9.93. The molecule has 1 atom stereocenters. The highest BCUT2D eigenvalue weighted by Crippen LogP contribution is 2.28. The molecule has 1 aromatic rings. The fourth-order valence-corrected chi connectivity index (χ4v) is 1.62. The fourth-order valence-electron chi connectivity index (χ4n) is 1.43. The van der Waals surface area contributed by atoms with E-state index in [0.29, 0.717) is 12.0 Å². The highest BCUT2D eigenvalue weighted by atomic mass is 35.5. The number of aliphatic hydroxyl groups excluding tert-OH is 1. The van der Waals surface area contributed by atoms with E-state index in [1.807, 2.05) is 20.8 Å². The molecule has 0 aliphatic carbocycles. The van der Waals surface area contributed by atoms with Crippen molar-refractivity contribution in [1.29, 1.82) is 0 Å². The van der Waals surface area contributed by atoms with Crippen molar-refractivity contribution < 1.29 is 9.50 Å². The van der Waals surface area contributed by atoms with Gasteiger partial charge in [0.05, 0.1) is 11.1 Å². The van der Waals surface area contributed by atoms with Crippen LogP contribution in [0.15, 0.2) is 18.2 Å². The van der Waals surface area contributed by atoms with Gasteiger partial charge in [0.1, 0.15) is 5.82 Å². The summed E-state index contributed by atoms with van der Waals surface area (Å²) in [5.74, 6) is -0.421. The maximum atomic E-state index is 13.6. The number of benzene rings is 1. The molecule has 90 valence electrons. The number of hydrogen-bond acceptors (Lipinski definition) is 1. The smallest absolute Gasteiger partial charge is 0.145 e. The first kappa shape index (κ1) is 13.5. The van der Waals surface area contributed by atoms with Gasteiger partial charge in [0, 0.05) is 6.42 Å². The Kier molecular flexibility index (Phi) is 4.34. The van der Waals surface area contributed by atoms with Crippen molar-refractivity contribution in [3.63, 3.8) is 0 Å². The van der Waals surface area contributed by atoms with Gasteiger partial charge >= 0.3 is 0 Å². The third kappa shape index (κ3) is 2.96. The van der Waals surface area contributed by atoms with Crippen LogP contribution < -0.4 is 0 Å². The Hall–Kier alpha value is -0.600. The van der Waals surface area contributed by atoms with Crippen molar-refractivity contribution in [2.75, 3.05) is 0 Å². The molecule has 16 heavy (non-hydrogen) atoms. The van der Waals surface area contributed by atoms with Crippen LogP contribution in [0.4, 0.5) is 4.39 Å². The molecule has 0 saturated carbocycles. The van der Waals surface area contributed by atoms with Gasteiger partial charge in [0.15, 0.2) is 0 Å². The second kappa shape index (κ2) is 5.15. The van der Waals surface area contributed by atoms with Gasteiger partial charge < -0.3 is 5.11 Å². The lowest BCUT2D eigenvalue weighted by Gasteiger charge is -2.29. The van der Waals surface area contributed by atoms with E-state index in [2.05, 4.69) is 0 Å². The van der Waals surface area contributed by atoms with E-state index < -0.39 is 11.9 Å². The van der Waals surface area contributed by atoms with Crippen molar-refractivity contribution in [1.82, 2.24) is 0 Å². The minimum atomic E-state index is -0.564. The molecule has 0 fully saturated rings. The molecule has 0 saturated heterocycles. The van der Waals surface area contributed by atoms with Crippen LogP contribution in [-0.4, -0.2) is 11.2 Å². The molecule has 0 radical (unpaired) electrons. The standard InChI is InChI=1S/C13H18ClFO/c1-4-13(2,3)11(16)8-9-6-5-7-10(14)12(9)15/h5-7,11,16H,4,8H2,1-3H3. The summed E-state index contributed by atoms with van der Waals surface area (Å²) >= 11 is 5.69. The highest BCUT2D eigenvalue weighted by molar-refractivity contribution is 6.30. The topological polar surface area (TPSA) is 20.2 Å². The summed E-state index contributed by atoms with van der Waals surface area (Å²) in [5.41, 5.74) is 0.260. The van der Waals surface area contributed by atoms with Gasteiger partial charge in [-0.3, -0.25) is 0 Å². The molecular formula is C13H18ClFO. The van der Waals surface area contributed by atoms with Crippen LogP contribution in [0.5, 0.6) is 0 Å². The van der Waals surface area contributed by atoms with Crippen LogP contribution >= 0.6 is 11.6 Å². The third-order valence-electron chi connectivity index (χ3n) is 3.26. The second-order valence-corrected chi connectivity index (χ2v) is 5.18. The Morgan fingerprint density at radius 2 is 2.06 bits per heavy atom. The SMILES string of the molecule is CCC(C)(C)C(O)Cc1cccc(Cl)c1F. The van der Waals surface area contributed by atoms with Crippen molar-refractivity contribution in [2.45, 2.75) is 39.7 Å². The Bertz CT molecular complexity index is 363. The number of hydrogen-bond donors (Lipinski definition) is 1. The van der Waals surface area contributed by atoms with E-state index in [-0.39, 0.29) is 10.4 Å². The molecule has 0 amide bonds. The molecule has 1 unspecified atom stereocenters. The van der Waals surface area contributed by atoms with Crippen molar-refractivity contribution in [2.24, 2.45) is 5.41 Å². The van der Waals surface area contributed by atoms with Gasteiger partial charge in [-0.25, -0.2) is 4.39 Å². The van der Waals surface area contributed by atoms with E-state index >= 15 is 0 Å². The van der Waals surface area contributed by atoms with Gasteiger partial charge in [-0.2, -0.15) is 0 Å². The second-order valence-electron chi connectivity index (χ2n) is 4.77. The lowest BCUT2D eigenvalue weighted by atomic mass is 9.81. The summed E-state index contributed by atoms with van der Waals surface area (Å²) in [7, 11) is 0. The Morgan fingerprint density at radius 1 is 1.44 bits per heavy atom. The lowest BCUT2D eigenvalue weighted by molar-refractivity contribution is 0.0473. The largest absolute Gasteiger partial charge is 0.392 e. The Morgan fingerprint density at radius 3 is 2.62 bits per heavy atom. The van der Waals surface area contributed by atoms with Gasteiger partial charge in [-0.15, -0.1) is 0 Å². The monoisotopic (exact) mass is 244 g/mol. The number of aliphatic hydroxyl groups is 1.